The van der Waals surface area contributed by atoms with Crippen LogP contribution in [0, 0.1) is 0 Å². The number of ketones is 1. The van der Waals surface area contributed by atoms with Gasteiger partial charge in [-0.25, -0.2) is 0 Å². The van der Waals surface area contributed by atoms with Crippen LogP contribution in [0.15, 0.2) is 35.0 Å². The number of aromatic nitrogens is 4. The number of unbranched alkanes of at least 4 members (excludes halogenated alkanes) is 1. The Morgan fingerprint density at radius 3 is 2.06 bits per heavy atom. The van der Waals surface area contributed by atoms with Crippen molar-refractivity contribution in [1.82, 2.24) is 20.4 Å². The molecule has 0 aromatic carbocycles. The highest BCUT2D eigenvalue weighted by Crippen LogP contribution is 2.20. The molecule has 0 aliphatic rings. The fourth-order valence-electron chi connectivity index (χ4n) is 2.99. The zero-order valence-corrected chi connectivity index (χ0v) is 20.4. The minimum absolute atomic E-state index is 0.0731. The highest BCUT2D eigenvalue weighted by molar-refractivity contribution is 7.15. The number of thiophene rings is 2. The van der Waals surface area contributed by atoms with Gasteiger partial charge in [-0.15, -0.1) is 54.4 Å². The molecule has 0 saturated carbocycles. The Morgan fingerprint density at radius 1 is 0.750 bits per heavy atom. The predicted molar refractivity (Wildman–Crippen MR) is 130 cm³/mol. The Morgan fingerprint density at radius 2 is 1.38 bits per heavy atom. The Kier molecular flexibility index (Phi) is 8.21. The van der Waals surface area contributed by atoms with E-state index in [0.29, 0.717) is 24.4 Å². The molecular weight excluding hydrogens is 483 g/mol. The molecular formula is C21H21N5O2S4. The van der Waals surface area contributed by atoms with E-state index in [1.165, 1.54) is 22.7 Å². The third-order valence-electron chi connectivity index (χ3n) is 4.47. The van der Waals surface area contributed by atoms with Crippen molar-refractivity contribution in [3.63, 3.8) is 0 Å². The van der Waals surface area contributed by atoms with Gasteiger partial charge in [0.1, 0.15) is 20.8 Å². The summed E-state index contributed by atoms with van der Waals surface area (Å²) >= 11 is 6.11. The lowest BCUT2D eigenvalue weighted by Crippen LogP contribution is -2.13. The molecule has 0 aliphatic carbocycles. The van der Waals surface area contributed by atoms with E-state index in [0.717, 1.165) is 50.5 Å². The van der Waals surface area contributed by atoms with Crippen LogP contribution in [0.2, 0.25) is 0 Å². The van der Waals surface area contributed by atoms with Gasteiger partial charge in [-0.05, 0) is 35.7 Å². The van der Waals surface area contributed by atoms with E-state index in [1.807, 2.05) is 35.0 Å². The van der Waals surface area contributed by atoms with Crippen LogP contribution in [0.1, 0.15) is 37.6 Å². The highest BCUT2D eigenvalue weighted by atomic mass is 32.1. The zero-order chi connectivity index (χ0) is 22.2. The number of rotatable bonds is 12. The molecule has 0 aliphatic heterocycles. The van der Waals surface area contributed by atoms with Gasteiger partial charge in [0, 0.05) is 29.0 Å². The first-order valence-electron chi connectivity index (χ1n) is 10.1. The van der Waals surface area contributed by atoms with Crippen LogP contribution >= 0.6 is 45.3 Å². The van der Waals surface area contributed by atoms with E-state index >= 15 is 0 Å². The van der Waals surface area contributed by atoms with Gasteiger partial charge >= 0.3 is 0 Å². The molecule has 1 N–H and O–H groups in total. The molecule has 0 bridgehead atoms. The maximum absolute atomic E-state index is 12.2. The van der Waals surface area contributed by atoms with Gasteiger partial charge in [0.15, 0.2) is 0 Å². The van der Waals surface area contributed by atoms with Crippen molar-refractivity contribution in [2.45, 2.75) is 44.9 Å². The fourth-order valence-corrected chi connectivity index (χ4v) is 6.14. The first kappa shape index (κ1) is 22.8. The minimum atomic E-state index is -0.0731. The number of carbonyl (C=O) groups excluding carboxylic acids is 2. The molecule has 0 saturated heterocycles. The van der Waals surface area contributed by atoms with Crippen molar-refractivity contribution in [1.29, 1.82) is 0 Å². The number of anilines is 1. The summed E-state index contributed by atoms with van der Waals surface area (Å²) < 4.78 is 0. The van der Waals surface area contributed by atoms with E-state index in [1.54, 1.807) is 22.7 Å². The van der Waals surface area contributed by atoms with E-state index in [2.05, 4.69) is 25.7 Å². The Bertz CT molecular complexity index is 1040. The number of nitrogens with one attached hydrogen (secondary N) is 1. The minimum Gasteiger partial charge on any atom is -0.300 e. The maximum Gasteiger partial charge on any atom is 0.231 e. The molecule has 7 nitrogen and oxygen atoms in total. The average molecular weight is 504 g/mol. The summed E-state index contributed by atoms with van der Waals surface area (Å²) in [6, 6.07) is 7.82. The van der Waals surface area contributed by atoms with Crippen molar-refractivity contribution < 1.29 is 9.59 Å². The highest BCUT2D eigenvalue weighted by Gasteiger charge is 2.12. The molecule has 166 valence electrons. The van der Waals surface area contributed by atoms with Gasteiger partial charge in [0.2, 0.25) is 11.0 Å². The number of aryl methyl sites for hydroxylation is 2. The Hall–Kier alpha value is -2.34. The zero-order valence-electron chi connectivity index (χ0n) is 17.2. The van der Waals surface area contributed by atoms with Crippen LogP contribution in [0.25, 0.3) is 0 Å². The summed E-state index contributed by atoms with van der Waals surface area (Å²) in [7, 11) is 0. The van der Waals surface area contributed by atoms with E-state index in [-0.39, 0.29) is 11.7 Å². The Labute approximate surface area is 201 Å². The van der Waals surface area contributed by atoms with Crippen molar-refractivity contribution in [2.24, 2.45) is 0 Å². The summed E-state index contributed by atoms with van der Waals surface area (Å²) in [5, 5.41) is 26.6. The number of hydrogen-bond donors (Lipinski definition) is 1. The van der Waals surface area contributed by atoms with Crippen LogP contribution in [0.5, 0.6) is 0 Å². The monoisotopic (exact) mass is 503 g/mol. The molecule has 0 fully saturated rings. The second kappa shape index (κ2) is 11.5. The number of nitrogens with zero attached hydrogens (tertiary/aromatic N) is 4. The van der Waals surface area contributed by atoms with Crippen LogP contribution in [0.4, 0.5) is 5.13 Å². The van der Waals surface area contributed by atoms with Gasteiger partial charge in [-0.2, -0.15) is 0 Å². The van der Waals surface area contributed by atoms with Gasteiger partial charge < -0.3 is 5.32 Å². The lowest BCUT2D eigenvalue weighted by Gasteiger charge is -1.98. The summed E-state index contributed by atoms with van der Waals surface area (Å²) in [6.07, 6.45) is 4.72. The first-order chi connectivity index (χ1) is 15.6. The third kappa shape index (κ3) is 7.09. The second-order valence-corrected chi connectivity index (χ2v) is 11.3. The Balaban J connectivity index is 1.14. The number of hydrogen-bond acceptors (Lipinski definition) is 10. The van der Waals surface area contributed by atoms with E-state index < -0.39 is 0 Å². The lowest BCUT2D eigenvalue weighted by molar-refractivity contribution is -0.118. The molecule has 0 unspecified atom stereocenters. The molecule has 4 heterocycles. The normalized spacial score (nSPS) is 11.0. The molecule has 4 aromatic heterocycles. The quantitative estimate of drug-likeness (QED) is 0.284. The van der Waals surface area contributed by atoms with Crippen LogP contribution < -0.4 is 5.32 Å². The first-order valence-corrected chi connectivity index (χ1v) is 13.5. The predicted octanol–water partition coefficient (Wildman–Crippen LogP) is 4.61. The summed E-state index contributed by atoms with van der Waals surface area (Å²) in [4.78, 5) is 26.3. The summed E-state index contributed by atoms with van der Waals surface area (Å²) in [5.41, 5.74) is 0. The van der Waals surface area contributed by atoms with Crippen molar-refractivity contribution in [3.05, 3.63) is 59.8 Å². The molecule has 0 radical (unpaired) electrons. The van der Waals surface area contributed by atoms with Gasteiger partial charge in [-0.1, -0.05) is 23.5 Å². The van der Waals surface area contributed by atoms with Crippen LogP contribution in [0.3, 0.4) is 0 Å². The lowest BCUT2D eigenvalue weighted by atomic mass is 10.2. The van der Waals surface area contributed by atoms with Crippen molar-refractivity contribution in [3.8, 4) is 0 Å². The molecule has 1 amide bonds. The number of amides is 1. The third-order valence-corrected chi connectivity index (χ3v) is 8.10. The second-order valence-electron chi connectivity index (χ2n) is 7.07. The average Bonchev–Trinajstić information content (AvgIpc) is 3.55. The summed E-state index contributed by atoms with van der Waals surface area (Å²) in [6.45, 7) is 0. The summed E-state index contributed by atoms with van der Waals surface area (Å²) in [5.74, 6) is 0.0980. The number of carbonyl (C=O) groups is 2. The largest absolute Gasteiger partial charge is 0.300 e. The SMILES string of the molecule is O=C(Cc1cccs1)Cc1nnc(CCCCc2nnc(NC(=O)Cc3cccs3)s2)s1. The van der Waals surface area contributed by atoms with Gasteiger partial charge in [0.25, 0.3) is 0 Å². The maximum atomic E-state index is 12.2. The molecule has 0 atom stereocenters. The van der Waals surface area contributed by atoms with Gasteiger partial charge in [0.05, 0.1) is 12.8 Å². The molecule has 32 heavy (non-hydrogen) atoms. The van der Waals surface area contributed by atoms with E-state index in [4.69, 9.17) is 0 Å². The van der Waals surface area contributed by atoms with Crippen molar-refractivity contribution in [2.75, 3.05) is 5.32 Å². The molecule has 4 aromatic rings. The standard InChI is InChI=1S/C21H21N5O2S4/c27-14(11-15-5-3-9-29-15)12-20-25-23-18(31-20)7-1-2-8-19-24-26-21(32-19)22-17(28)13-16-6-4-10-30-16/h3-6,9-10H,1-2,7-8,11-13H2,(H,22,26,28). The van der Waals surface area contributed by atoms with Gasteiger partial charge in [-0.3, -0.25) is 9.59 Å². The topological polar surface area (TPSA) is 97.7 Å². The van der Waals surface area contributed by atoms with E-state index in [9.17, 15) is 9.59 Å². The fraction of sp³-hybridized carbons (Fsp3) is 0.333. The van der Waals surface area contributed by atoms with Crippen LogP contribution in [-0.4, -0.2) is 32.1 Å². The smallest absolute Gasteiger partial charge is 0.231 e. The number of Topliss-reactive ketones (excluding diaryl/α,β-unsaturated/α-hetero) is 1. The molecule has 11 heteroatoms. The molecule has 4 rings (SSSR count). The van der Waals surface area contributed by atoms with Crippen LogP contribution in [-0.2, 0) is 41.7 Å². The van der Waals surface area contributed by atoms with Crippen molar-refractivity contribution >= 4 is 62.2 Å². The molecule has 0 spiro atoms.